The van der Waals surface area contributed by atoms with Gasteiger partial charge in [-0.2, -0.15) is 0 Å². The SMILES string of the molecule is O=C(O)c1cn(C2CC2)c2c(F)c(N3CCOC(CN4CCNCC4)C3)c(F)cc2c1=O. The highest BCUT2D eigenvalue weighted by Crippen LogP contribution is 2.39. The minimum Gasteiger partial charge on any atom is -0.477 e. The topological polar surface area (TPSA) is 87.0 Å². The molecule has 1 aromatic carbocycles. The van der Waals surface area contributed by atoms with Gasteiger partial charge in [0.2, 0.25) is 5.43 Å². The van der Waals surface area contributed by atoms with Crippen LogP contribution in [0, 0.1) is 11.6 Å². The number of carbonyl (C=O) groups is 1. The monoisotopic (exact) mass is 448 g/mol. The Labute approximate surface area is 183 Å². The van der Waals surface area contributed by atoms with E-state index in [1.165, 1.54) is 10.8 Å². The van der Waals surface area contributed by atoms with Crippen molar-refractivity contribution in [1.82, 2.24) is 14.8 Å². The van der Waals surface area contributed by atoms with Crippen LogP contribution in [0.2, 0.25) is 0 Å². The summed E-state index contributed by atoms with van der Waals surface area (Å²) in [5.74, 6) is -3.08. The van der Waals surface area contributed by atoms with Crippen molar-refractivity contribution in [2.45, 2.75) is 25.0 Å². The zero-order valence-corrected chi connectivity index (χ0v) is 17.6. The third-order valence-electron chi connectivity index (χ3n) is 6.48. The second-order valence-electron chi connectivity index (χ2n) is 8.72. The molecule has 1 unspecified atom stereocenters. The van der Waals surface area contributed by atoms with Gasteiger partial charge >= 0.3 is 5.97 Å². The first kappa shape index (κ1) is 21.3. The van der Waals surface area contributed by atoms with Crippen LogP contribution in [-0.2, 0) is 4.74 Å². The molecule has 0 amide bonds. The number of halogens is 2. The van der Waals surface area contributed by atoms with Crippen LogP contribution in [0.5, 0.6) is 0 Å². The molecule has 1 aliphatic carbocycles. The maximum atomic E-state index is 15.8. The summed E-state index contributed by atoms with van der Waals surface area (Å²) in [5.41, 5.74) is -1.54. The molecule has 3 fully saturated rings. The largest absolute Gasteiger partial charge is 0.477 e. The number of hydrogen-bond donors (Lipinski definition) is 2. The van der Waals surface area contributed by atoms with Crippen molar-refractivity contribution in [2.24, 2.45) is 0 Å². The van der Waals surface area contributed by atoms with E-state index in [4.69, 9.17) is 4.74 Å². The molecular formula is C22H26F2N4O4. The highest BCUT2D eigenvalue weighted by Gasteiger charge is 2.32. The highest BCUT2D eigenvalue weighted by atomic mass is 19.1. The van der Waals surface area contributed by atoms with Gasteiger partial charge < -0.3 is 24.6 Å². The molecule has 8 nitrogen and oxygen atoms in total. The van der Waals surface area contributed by atoms with E-state index in [0.717, 1.165) is 45.1 Å². The summed E-state index contributed by atoms with van der Waals surface area (Å²) in [6.45, 7) is 5.31. The normalized spacial score (nSPS) is 22.4. The van der Waals surface area contributed by atoms with Crippen molar-refractivity contribution >= 4 is 22.6 Å². The average molecular weight is 448 g/mol. The van der Waals surface area contributed by atoms with Gasteiger partial charge in [0.25, 0.3) is 0 Å². The van der Waals surface area contributed by atoms with Gasteiger partial charge in [0.1, 0.15) is 17.1 Å². The highest BCUT2D eigenvalue weighted by molar-refractivity contribution is 5.94. The first-order valence-corrected chi connectivity index (χ1v) is 11.0. The fourth-order valence-electron chi connectivity index (χ4n) is 4.73. The van der Waals surface area contributed by atoms with Gasteiger partial charge in [-0.15, -0.1) is 0 Å². The van der Waals surface area contributed by atoms with Crippen molar-refractivity contribution in [2.75, 3.05) is 57.3 Å². The molecule has 0 bridgehead atoms. The number of morpholine rings is 1. The summed E-state index contributed by atoms with van der Waals surface area (Å²) in [6.07, 6.45) is 2.53. The third kappa shape index (κ3) is 3.87. The molecule has 2 saturated heterocycles. The molecule has 1 atom stereocenters. The third-order valence-corrected chi connectivity index (χ3v) is 6.48. The Morgan fingerprint density at radius 3 is 2.66 bits per heavy atom. The first-order chi connectivity index (χ1) is 15.4. The summed E-state index contributed by atoms with van der Waals surface area (Å²) in [7, 11) is 0. The number of fused-ring (bicyclic) bond motifs is 1. The van der Waals surface area contributed by atoms with E-state index in [0.29, 0.717) is 26.2 Å². The smallest absolute Gasteiger partial charge is 0.341 e. The van der Waals surface area contributed by atoms with Crippen LogP contribution in [0.25, 0.3) is 10.9 Å². The minimum atomic E-state index is -1.40. The molecule has 0 radical (unpaired) electrons. The molecule has 2 aromatic rings. The number of carboxylic acids is 1. The quantitative estimate of drug-likeness (QED) is 0.716. The fraction of sp³-hybridized carbons (Fsp3) is 0.545. The van der Waals surface area contributed by atoms with Crippen LogP contribution < -0.4 is 15.6 Å². The van der Waals surface area contributed by atoms with E-state index < -0.39 is 28.6 Å². The number of hydrogen-bond acceptors (Lipinski definition) is 6. The summed E-state index contributed by atoms with van der Waals surface area (Å²) < 4.78 is 38.3. The Bertz CT molecular complexity index is 1110. The lowest BCUT2D eigenvalue weighted by atomic mass is 10.1. The number of ether oxygens (including phenoxy) is 1. The number of carboxylic acid groups (broad SMARTS) is 1. The van der Waals surface area contributed by atoms with Crippen molar-refractivity contribution in [3.63, 3.8) is 0 Å². The van der Waals surface area contributed by atoms with E-state index in [2.05, 4.69) is 10.2 Å². The molecule has 3 aliphatic rings. The Balaban J connectivity index is 1.53. The molecule has 1 aromatic heterocycles. The Hall–Kier alpha value is -2.56. The number of piperazine rings is 1. The van der Waals surface area contributed by atoms with Gasteiger partial charge in [0.15, 0.2) is 5.82 Å². The second-order valence-corrected chi connectivity index (χ2v) is 8.72. The molecular weight excluding hydrogens is 422 g/mol. The summed E-state index contributed by atoms with van der Waals surface area (Å²) in [4.78, 5) is 28.1. The summed E-state index contributed by atoms with van der Waals surface area (Å²) in [6, 6.07) is 0.900. The van der Waals surface area contributed by atoms with E-state index >= 15 is 8.78 Å². The fourth-order valence-corrected chi connectivity index (χ4v) is 4.73. The standard InChI is InChI=1S/C22H26F2N4O4/c23-17-9-15-19(28(13-1-2-13)12-16(21(15)29)22(30)31)18(24)20(17)27-7-8-32-14(11-27)10-26-5-3-25-4-6-26/h9,12-14,25H,1-8,10-11H2,(H,30,31). The maximum absolute atomic E-state index is 15.8. The lowest BCUT2D eigenvalue weighted by Gasteiger charge is -2.38. The van der Waals surface area contributed by atoms with E-state index in [1.807, 2.05) is 0 Å². The molecule has 0 spiro atoms. The van der Waals surface area contributed by atoms with Gasteiger partial charge in [-0.05, 0) is 18.9 Å². The number of benzene rings is 1. The van der Waals surface area contributed by atoms with Crippen LogP contribution in [-0.4, -0.2) is 79.1 Å². The maximum Gasteiger partial charge on any atom is 0.341 e. The zero-order chi connectivity index (χ0) is 22.4. The van der Waals surface area contributed by atoms with Gasteiger partial charge in [-0.25, -0.2) is 13.6 Å². The number of aromatic carboxylic acids is 1. The molecule has 32 heavy (non-hydrogen) atoms. The lowest BCUT2D eigenvalue weighted by molar-refractivity contribution is 0.0132. The van der Waals surface area contributed by atoms with Crippen LogP contribution in [0.1, 0.15) is 29.2 Å². The Morgan fingerprint density at radius 2 is 1.97 bits per heavy atom. The molecule has 172 valence electrons. The van der Waals surface area contributed by atoms with Crippen LogP contribution >= 0.6 is 0 Å². The van der Waals surface area contributed by atoms with Crippen LogP contribution in [0.15, 0.2) is 17.1 Å². The van der Waals surface area contributed by atoms with Crippen molar-refractivity contribution in [3.8, 4) is 0 Å². The first-order valence-electron chi connectivity index (χ1n) is 11.0. The molecule has 1 saturated carbocycles. The number of aromatic nitrogens is 1. The van der Waals surface area contributed by atoms with E-state index in [9.17, 15) is 14.7 Å². The zero-order valence-electron chi connectivity index (χ0n) is 17.6. The molecule has 10 heteroatoms. The second kappa shape index (κ2) is 8.42. The summed E-state index contributed by atoms with van der Waals surface area (Å²) in [5, 5.41) is 12.4. The van der Waals surface area contributed by atoms with Crippen molar-refractivity contribution < 1.29 is 23.4 Å². The van der Waals surface area contributed by atoms with Crippen LogP contribution in [0.3, 0.4) is 0 Å². The minimum absolute atomic E-state index is 0.0240. The molecule has 2 N–H and O–H groups in total. The van der Waals surface area contributed by atoms with E-state index in [1.54, 1.807) is 4.90 Å². The number of nitrogens with zero attached hydrogens (tertiary/aromatic N) is 3. The van der Waals surface area contributed by atoms with Crippen LogP contribution in [0.4, 0.5) is 14.5 Å². The number of nitrogens with one attached hydrogen (secondary N) is 1. The van der Waals surface area contributed by atoms with Gasteiger partial charge in [0.05, 0.1) is 23.6 Å². The van der Waals surface area contributed by atoms with E-state index in [-0.39, 0.29) is 28.7 Å². The van der Waals surface area contributed by atoms with Gasteiger partial charge in [0, 0.05) is 58.1 Å². The summed E-state index contributed by atoms with van der Waals surface area (Å²) >= 11 is 0. The molecule has 3 heterocycles. The molecule has 2 aliphatic heterocycles. The molecule has 5 rings (SSSR count). The Kier molecular flexibility index (Phi) is 5.60. The number of rotatable bonds is 5. The Morgan fingerprint density at radius 1 is 1.22 bits per heavy atom. The predicted octanol–water partition coefficient (Wildman–Crippen LogP) is 1.42. The number of pyridine rings is 1. The van der Waals surface area contributed by atoms with Crippen molar-refractivity contribution in [3.05, 3.63) is 39.7 Å². The average Bonchev–Trinajstić information content (AvgIpc) is 3.60. The van der Waals surface area contributed by atoms with Crippen molar-refractivity contribution in [1.29, 1.82) is 0 Å². The number of anilines is 1. The van der Waals surface area contributed by atoms with Gasteiger partial charge in [-0.1, -0.05) is 0 Å². The predicted molar refractivity (Wildman–Crippen MR) is 115 cm³/mol. The lowest BCUT2D eigenvalue weighted by Crippen LogP contribution is -2.52. The van der Waals surface area contributed by atoms with Gasteiger partial charge in [-0.3, -0.25) is 9.69 Å².